The number of carbonyl (C=O) groups excluding carboxylic acids is 1. The van der Waals surface area contributed by atoms with E-state index in [2.05, 4.69) is 72.2 Å². The Morgan fingerprint density at radius 3 is 1.59 bits per heavy atom. The predicted molar refractivity (Wildman–Crippen MR) is 133 cm³/mol. The van der Waals surface area contributed by atoms with Crippen LogP contribution in [0.2, 0.25) is 0 Å². The summed E-state index contributed by atoms with van der Waals surface area (Å²) in [5.41, 5.74) is 4.88. The molecule has 4 rings (SSSR count). The van der Waals surface area contributed by atoms with Gasteiger partial charge in [0.2, 0.25) is 0 Å². The van der Waals surface area contributed by atoms with E-state index in [9.17, 15) is 4.79 Å². The molecule has 0 saturated heterocycles. The number of hydrogen-bond acceptors (Lipinski definition) is 2. The van der Waals surface area contributed by atoms with Gasteiger partial charge in [0.05, 0.1) is 5.56 Å². The van der Waals surface area contributed by atoms with Crippen molar-refractivity contribution >= 4 is 21.9 Å². The van der Waals surface area contributed by atoms with E-state index in [1.165, 1.54) is 11.1 Å². The zero-order chi connectivity index (χ0) is 22.5. The van der Waals surface area contributed by atoms with Gasteiger partial charge in [-0.1, -0.05) is 109 Å². The molecule has 2 atom stereocenters. The van der Waals surface area contributed by atoms with E-state index in [1.807, 2.05) is 48.5 Å². The Hall–Kier alpha value is -3.17. The van der Waals surface area contributed by atoms with Crippen LogP contribution >= 0.6 is 15.9 Å². The number of para-hydroxylation sites is 1. The molecule has 0 heterocycles. The van der Waals surface area contributed by atoms with Crippen molar-refractivity contribution in [1.82, 2.24) is 0 Å². The Morgan fingerprint density at radius 1 is 0.656 bits per heavy atom. The molecule has 0 aromatic heterocycles. The molecule has 0 spiro atoms. The molecule has 160 valence electrons. The first-order valence-corrected chi connectivity index (χ1v) is 11.5. The summed E-state index contributed by atoms with van der Waals surface area (Å²) in [6.07, 6.45) is 0. The third kappa shape index (κ3) is 4.84. The van der Waals surface area contributed by atoms with Gasteiger partial charge < -0.3 is 4.74 Å². The number of esters is 1. The van der Waals surface area contributed by atoms with Crippen molar-refractivity contribution in [3.05, 3.63) is 135 Å². The second kappa shape index (κ2) is 9.97. The molecule has 0 aliphatic heterocycles. The molecular formula is C29H25BrO2. The molecule has 4 aromatic carbocycles. The minimum Gasteiger partial charge on any atom is -0.422 e. The molecule has 0 radical (unpaired) electrons. The number of benzene rings is 4. The van der Waals surface area contributed by atoms with Crippen LogP contribution in [0.5, 0.6) is 5.75 Å². The highest BCUT2D eigenvalue weighted by Crippen LogP contribution is 2.39. The second-order valence-corrected chi connectivity index (χ2v) is 8.84. The van der Waals surface area contributed by atoms with Gasteiger partial charge in [-0.25, -0.2) is 4.79 Å². The number of carbonyl (C=O) groups is 1. The monoisotopic (exact) mass is 484 g/mol. The number of halogens is 1. The van der Waals surface area contributed by atoms with Crippen LogP contribution in [0.3, 0.4) is 0 Å². The van der Waals surface area contributed by atoms with Crippen LogP contribution in [-0.2, 0) is 0 Å². The lowest BCUT2D eigenvalue weighted by molar-refractivity contribution is 0.0731. The molecule has 0 N–H and O–H groups in total. The maximum atomic E-state index is 13.1. The molecule has 0 aliphatic carbocycles. The van der Waals surface area contributed by atoms with E-state index in [1.54, 1.807) is 12.1 Å². The van der Waals surface area contributed by atoms with E-state index >= 15 is 0 Å². The summed E-state index contributed by atoms with van der Waals surface area (Å²) in [7, 11) is 0. The smallest absolute Gasteiger partial charge is 0.343 e. The molecule has 32 heavy (non-hydrogen) atoms. The van der Waals surface area contributed by atoms with Crippen LogP contribution in [-0.4, -0.2) is 5.97 Å². The average molecular weight is 485 g/mol. The minimum absolute atomic E-state index is 0.0758. The van der Waals surface area contributed by atoms with Crippen LogP contribution in [0, 0.1) is 0 Å². The fraction of sp³-hybridized carbons (Fsp3) is 0.138. The largest absolute Gasteiger partial charge is 0.422 e. The minimum atomic E-state index is -0.355. The summed E-state index contributed by atoms with van der Waals surface area (Å²) in [5, 5.41) is 0. The zero-order valence-corrected chi connectivity index (χ0v) is 19.8. The summed E-state index contributed by atoms with van der Waals surface area (Å²) >= 11 is 3.42. The molecule has 2 unspecified atom stereocenters. The Balaban J connectivity index is 1.79. The van der Waals surface area contributed by atoms with E-state index in [0.717, 1.165) is 15.6 Å². The Bertz CT molecular complexity index is 1120. The molecule has 0 aliphatic rings. The normalized spacial score (nSPS) is 12.7. The molecular weight excluding hydrogens is 460 g/mol. The van der Waals surface area contributed by atoms with Gasteiger partial charge in [0.25, 0.3) is 0 Å². The lowest BCUT2D eigenvalue weighted by atomic mass is 9.86. The van der Waals surface area contributed by atoms with E-state index in [4.69, 9.17) is 4.74 Å². The highest BCUT2D eigenvalue weighted by molar-refractivity contribution is 9.10. The average Bonchev–Trinajstić information content (AvgIpc) is 2.84. The summed E-state index contributed by atoms with van der Waals surface area (Å²) in [6, 6.07) is 34.0. The fourth-order valence-electron chi connectivity index (χ4n) is 3.95. The van der Waals surface area contributed by atoms with Crippen LogP contribution in [0.4, 0.5) is 0 Å². The molecule has 0 saturated carbocycles. The SMILES string of the molecule is CC(c1ccccc1)c1cccc(C(C)c2ccccc2)c1OC(=O)c1ccc(Br)cc1. The van der Waals surface area contributed by atoms with Crippen molar-refractivity contribution in [1.29, 1.82) is 0 Å². The van der Waals surface area contributed by atoms with Gasteiger partial charge in [-0.15, -0.1) is 0 Å². The molecule has 0 amide bonds. The van der Waals surface area contributed by atoms with Crippen LogP contribution in [0.15, 0.2) is 108 Å². The second-order valence-electron chi connectivity index (χ2n) is 7.93. The lowest BCUT2D eigenvalue weighted by Gasteiger charge is -2.23. The highest BCUT2D eigenvalue weighted by atomic mass is 79.9. The van der Waals surface area contributed by atoms with Crippen molar-refractivity contribution in [3.8, 4) is 5.75 Å². The van der Waals surface area contributed by atoms with E-state index < -0.39 is 0 Å². The van der Waals surface area contributed by atoms with E-state index in [-0.39, 0.29) is 17.8 Å². The number of rotatable bonds is 6. The molecule has 0 bridgehead atoms. The van der Waals surface area contributed by atoms with Crippen molar-refractivity contribution in [2.75, 3.05) is 0 Å². The van der Waals surface area contributed by atoms with E-state index in [0.29, 0.717) is 11.3 Å². The third-order valence-electron chi connectivity index (χ3n) is 5.88. The van der Waals surface area contributed by atoms with Gasteiger partial charge in [-0.2, -0.15) is 0 Å². The Labute approximate surface area is 198 Å². The predicted octanol–water partition coefficient (Wildman–Crippen LogP) is 7.97. The van der Waals surface area contributed by atoms with Gasteiger partial charge in [-0.3, -0.25) is 0 Å². The van der Waals surface area contributed by atoms with Crippen molar-refractivity contribution in [2.45, 2.75) is 25.7 Å². The third-order valence-corrected chi connectivity index (χ3v) is 6.41. The van der Waals surface area contributed by atoms with Crippen molar-refractivity contribution in [2.24, 2.45) is 0 Å². The summed E-state index contributed by atoms with van der Waals surface area (Å²) in [4.78, 5) is 13.1. The van der Waals surface area contributed by atoms with Crippen LogP contribution in [0.1, 0.15) is 58.3 Å². The zero-order valence-electron chi connectivity index (χ0n) is 18.2. The summed E-state index contributed by atoms with van der Waals surface area (Å²) < 4.78 is 7.06. The topological polar surface area (TPSA) is 26.3 Å². The number of hydrogen-bond donors (Lipinski definition) is 0. The standard InChI is InChI=1S/C29H25BrO2/c1-20(22-10-5-3-6-11-22)26-14-9-15-27(21(2)23-12-7-4-8-13-23)28(26)32-29(31)24-16-18-25(30)19-17-24/h3-21H,1-2H3. The van der Waals surface area contributed by atoms with Crippen LogP contribution < -0.4 is 4.74 Å². The molecule has 2 nitrogen and oxygen atoms in total. The van der Waals surface area contributed by atoms with Gasteiger partial charge >= 0.3 is 5.97 Å². The van der Waals surface area contributed by atoms with Gasteiger partial charge in [0.15, 0.2) is 0 Å². The Morgan fingerprint density at radius 2 is 1.12 bits per heavy atom. The Kier molecular flexibility index (Phi) is 6.87. The summed E-state index contributed by atoms with van der Waals surface area (Å²) in [6.45, 7) is 4.30. The van der Waals surface area contributed by atoms with Gasteiger partial charge in [-0.05, 0) is 35.4 Å². The fourth-order valence-corrected chi connectivity index (χ4v) is 4.22. The maximum Gasteiger partial charge on any atom is 0.343 e. The first-order chi connectivity index (χ1) is 15.5. The molecule has 0 fully saturated rings. The van der Waals surface area contributed by atoms with Crippen molar-refractivity contribution < 1.29 is 9.53 Å². The highest BCUT2D eigenvalue weighted by Gasteiger charge is 2.23. The quantitative estimate of drug-likeness (QED) is 0.205. The first kappa shape index (κ1) is 22.0. The van der Waals surface area contributed by atoms with Crippen molar-refractivity contribution in [3.63, 3.8) is 0 Å². The van der Waals surface area contributed by atoms with Crippen LogP contribution in [0.25, 0.3) is 0 Å². The van der Waals surface area contributed by atoms with Gasteiger partial charge in [0.1, 0.15) is 5.75 Å². The number of ether oxygens (including phenoxy) is 1. The maximum absolute atomic E-state index is 13.1. The molecule has 4 aromatic rings. The summed E-state index contributed by atoms with van der Waals surface area (Å²) in [5.74, 6) is 0.443. The lowest BCUT2D eigenvalue weighted by Crippen LogP contribution is -2.14. The molecule has 3 heteroatoms. The van der Waals surface area contributed by atoms with Gasteiger partial charge in [0, 0.05) is 27.4 Å². The first-order valence-electron chi connectivity index (χ1n) is 10.7.